The Morgan fingerprint density at radius 2 is 1.71 bits per heavy atom. The minimum Gasteiger partial charge on any atom is -0.457 e. The van der Waals surface area contributed by atoms with Crippen molar-refractivity contribution in [2.24, 2.45) is 0 Å². The maximum atomic E-state index is 12.9. The molecule has 1 amide bonds. The van der Waals surface area contributed by atoms with Gasteiger partial charge in [0.2, 0.25) is 5.88 Å². The molecule has 0 aliphatic heterocycles. The van der Waals surface area contributed by atoms with Crippen LogP contribution in [0.15, 0.2) is 77.6 Å². The van der Waals surface area contributed by atoms with Gasteiger partial charge in [-0.1, -0.05) is 36.4 Å². The number of rotatable bonds is 6. The molecule has 2 aromatic carbocycles. The number of hydrogen-bond acceptors (Lipinski definition) is 5. The van der Waals surface area contributed by atoms with Crippen molar-refractivity contribution in [1.29, 1.82) is 0 Å². The molecule has 0 bridgehead atoms. The van der Waals surface area contributed by atoms with E-state index in [0.717, 1.165) is 11.4 Å². The predicted octanol–water partition coefficient (Wildman–Crippen LogP) is 3.50. The van der Waals surface area contributed by atoms with Gasteiger partial charge in [0.1, 0.15) is 5.69 Å². The molecule has 0 aliphatic rings. The number of carbonyl (C=O) groups excluding carboxylic acids is 1. The number of ether oxygens (including phenoxy) is 1. The molecule has 0 unspecified atom stereocenters. The maximum Gasteiger partial charge on any atom is 0.269 e. The molecule has 7 heteroatoms. The van der Waals surface area contributed by atoms with Crippen LogP contribution in [0.25, 0.3) is 16.7 Å². The summed E-state index contributed by atoms with van der Waals surface area (Å²) in [4.78, 5) is 29.7. The van der Waals surface area contributed by atoms with E-state index < -0.39 is 0 Å². The lowest BCUT2D eigenvalue weighted by molar-refractivity contribution is 0.0958. The number of aromatic nitrogens is 2. The van der Waals surface area contributed by atoms with Gasteiger partial charge in [-0.25, -0.2) is 4.98 Å². The molecule has 2 N–H and O–H groups in total. The minimum atomic E-state index is -0.325. The highest BCUT2D eigenvalue weighted by Gasteiger charge is 2.18. The SMILES string of the molecule is CNC(=O)c1cc(C)c2c(=O)cc(OCNc3ccccc3)n(-c3ccccc3)c2n1. The van der Waals surface area contributed by atoms with Crippen LogP contribution in [-0.2, 0) is 0 Å². The standard InChI is InChI=1S/C24H22N4O3/c1-16-13-19(24(30)25-2)27-23-22(16)20(29)14-21(28(23)18-11-7-4-8-12-18)31-15-26-17-9-5-3-6-10-17/h3-14,26H,15H2,1-2H3,(H,25,30). The number of para-hydroxylation sites is 2. The number of fused-ring (bicyclic) bond motifs is 1. The number of nitrogens with one attached hydrogen (secondary N) is 2. The number of pyridine rings is 2. The number of carbonyl (C=O) groups is 1. The molecule has 0 aliphatic carbocycles. The first-order chi connectivity index (χ1) is 15.1. The van der Waals surface area contributed by atoms with E-state index in [1.54, 1.807) is 24.6 Å². The molecule has 0 saturated carbocycles. The van der Waals surface area contributed by atoms with E-state index in [9.17, 15) is 9.59 Å². The highest BCUT2D eigenvalue weighted by Crippen LogP contribution is 2.25. The second kappa shape index (κ2) is 8.71. The quantitative estimate of drug-likeness (QED) is 0.472. The molecular formula is C24H22N4O3. The summed E-state index contributed by atoms with van der Waals surface area (Å²) in [5.41, 5.74) is 2.72. The normalized spacial score (nSPS) is 10.6. The summed E-state index contributed by atoms with van der Waals surface area (Å²) >= 11 is 0. The second-order valence-corrected chi connectivity index (χ2v) is 6.95. The van der Waals surface area contributed by atoms with Crippen molar-refractivity contribution in [2.45, 2.75) is 6.92 Å². The summed E-state index contributed by atoms with van der Waals surface area (Å²) in [6.07, 6.45) is 0. The largest absolute Gasteiger partial charge is 0.457 e. The summed E-state index contributed by atoms with van der Waals surface area (Å²) in [5.74, 6) is 0.00205. The van der Waals surface area contributed by atoms with E-state index in [-0.39, 0.29) is 23.8 Å². The topological polar surface area (TPSA) is 85.3 Å². The van der Waals surface area contributed by atoms with Crippen molar-refractivity contribution < 1.29 is 9.53 Å². The maximum absolute atomic E-state index is 12.9. The number of anilines is 1. The monoisotopic (exact) mass is 414 g/mol. The zero-order chi connectivity index (χ0) is 21.8. The Hall–Kier alpha value is -4.13. The Morgan fingerprint density at radius 1 is 1.03 bits per heavy atom. The highest BCUT2D eigenvalue weighted by molar-refractivity contribution is 5.95. The Morgan fingerprint density at radius 3 is 2.39 bits per heavy atom. The van der Waals surface area contributed by atoms with Crippen molar-refractivity contribution in [3.05, 3.63) is 94.3 Å². The summed E-state index contributed by atoms with van der Waals surface area (Å²) in [7, 11) is 1.54. The van der Waals surface area contributed by atoms with Crippen LogP contribution in [0.3, 0.4) is 0 Å². The Labute approximate surface area is 179 Å². The highest BCUT2D eigenvalue weighted by atomic mass is 16.5. The third-order valence-electron chi connectivity index (χ3n) is 4.87. The number of amides is 1. The average molecular weight is 414 g/mol. The van der Waals surface area contributed by atoms with Crippen LogP contribution in [-0.4, -0.2) is 29.2 Å². The van der Waals surface area contributed by atoms with Crippen LogP contribution in [0.4, 0.5) is 5.69 Å². The number of hydrogen-bond donors (Lipinski definition) is 2. The van der Waals surface area contributed by atoms with Crippen molar-refractivity contribution in [3.8, 4) is 11.6 Å². The van der Waals surface area contributed by atoms with E-state index in [2.05, 4.69) is 15.6 Å². The molecule has 0 radical (unpaired) electrons. The van der Waals surface area contributed by atoms with Crippen LogP contribution < -0.4 is 20.8 Å². The van der Waals surface area contributed by atoms with Crippen LogP contribution in [0, 0.1) is 6.92 Å². The van der Waals surface area contributed by atoms with Gasteiger partial charge < -0.3 is 15.4 Å². The molecule has 0 fully saturated rings. The van der Waals surface area contributed by atoms with Crippen LogP contribution >= 0.6 is 0 Å². The van der Waals surface area contributed by atoms with E-state index in [4.69, 9.17) is 4.74 Å². The smallest absolute Gasteiger partial charge is 0.269 e. The Bertz CT molecular complexity index is 1290. The molecule has 156 valence electrons. The van der Waals surface area contributed by atoms with Gasteiger partial charge in [-0.05, 0) is 42.8 Å². The van der Waals surface area contributed by atoms with Crippen LogP contribution in [0.1, 0.15) is 16.1 Å². The zero-order valence-electron chi connectivity index (χ0n) is 17.3. The molecule has 31 heavy (non-hydrogen) atoms. The summed E-state index contributed by atoms with van der Waals surface area (Å²) in [5, 5.41) is 6.20. The van der Waals surface area contributed by atoms with Gasteiger partial charge >= 0.3 is 0 Å². The molecule has 0 atom stereocenters. The summed E-state index contributed by atoms with van der Waals surface area (Å²) in [6.45, 7) is 1.95. The fraction of sp³-hybridized carbons (Fsp3) is 0.125. The lowest BCUT2D eigenvalue weighted by atomic mass is 10.1. The predicted molar refractivity (Wildman–Crippen MR) is 121 cm³/mol. The van der Waals surface area contributed by atoms with Gasteiger partial charge in [0.15, 0.2) is 17.8 Å². The van der Waals surface area contributed by atoms with E-state index in [1.807, 2.05) is 60.7 Å². The van der Waals surface area contributed by atoms with E-state index >= 15 is 0 Å². The van der Waals surface area contributed by atoms with Gasteiger partial charge in [0, 0.05) is 18.8 Å². The molecule has 4 aromatic rings. The lowest BCUT2D eigenvalue weighted by Gasteiger charge is -2.18. The Balaban J connectivity index is 1.86. The molecule has 0 spiro atoms. The van der Waals surface area contributed by atoms with Gasteiger partial charge in [-0.3, -0.25) is 14.2 Å². The lowest BCUT2D eigenvalue weighted by Crippen LogP contribution is -2.22. The first kappa shape index (κ1) is 20.2. The first-order valence-corrected chi connectivity index (χ1v) is 9.85. The summed E-state index contributed by atoms with van der Waals surface area (Å²) in [6, 6.07) is 22.2. The van der Waals surface area contributed by atoms with Crippen molar-refractivity contribution in [2.75, 3.05) is 19.1 Å². The van der Waals surface area contributed by atoms with Crippen molar-refractivity contribution in [3.63, 3.8) is 0 Å². The zero-order valence-corrected chi connectivity index (χ0v) is 17.3. The number of nitrogens with zero attached hydrogens (tertiary/aromatic N) is 2. The van der Waals surface area contributed by atoms with E-state index in [1.165, 1.54) is 6.07 Å². The fourth-order valence-corrected chi connectivity index (χ4v) is 3.40. The first-order valence-electron chi connectivity index (χ1n) is 9.85. The minimum absolute atomic E-state index is 0.149. The molecular weight excluding hydrogens is 392 g/mol. The third-order valence-corrected chi connectivity index (χ3v) is 4.87. The van der Waals surface area contributed by atoms with E-state index in [0.29, 0.717) is 22.5 Å². The Kier molecular flexibility index (Phi) is 5.66. The average Bonchev–Trinajstić information content (AvgIpc) is 2.79. The molecule has 4 rings (SSSR count). The second-order valence-electron chi connectivity index (χ2n) is 6.95. The van der Waals surface area contributed by atoms with Gasteiger partial charge in [0.05, 0.1) is 11.1 Å². The van der Waals surface area contributed by atoms with Gasteiger partial charge in [-0.15, -0.1) is 0 Å². The fourth-order valence-electron chi connectivity index (χ4n) is 3.40. The van der Waals surface area contributed by atoms with Crippen molar-refractivity contribution in [1.82, 2.24) is 14.9 Å². The number of benzene rings is 2. The summed E-state index contributed by atoms with van der Waals surface area (Å²) < 4.78 is 7.72. The van der Waals surface area contributed by atoms with Crippen LogP contribution in [0.2, 0.25) is 0 Å². The van der Waals surface area contributed by atoms with Gasteiger partial charge in [-0.2, -0.15) is 0 Å². The molecule has 7 nitrogen and oxygen atoms in total. The molecule has 2 heterocycles. The van der Waals surface area contributed by atoms with Gasteiger partial charge in [0.25, 0.3) is 5.91 Å². The van der Waals surface area contributed by atoms with Crippen molar-refractivity contribution >= 4 is 22.6 Å². The molecule has 2 aromatic heterocycles. The third kappa shape index (κ3) is 4.11. The molecule has 0 saturated heterocycles. The van der Waals surface area contributed by atoms with Crippen LogP contribution in [0.5, 0.6) is 5.88 Å². The number of aryl methyl sites for hydroxylation is 1.